The van der Waals surface area contributed by atoms with Gasteiger partial charge in [-0.15, -0.1) is 0 Å². The second kappa shape index (κ2) is 6.75. The van der Waals surface area contributed by atoms with Crippen LogP contribution in [0, 0.1) is 0 Å². The number of para-hydroxylation sites is 1. The van der Waals surface area contributed by atoms with Gasteiger partial charge >= 0.3 is 0 Å². The predicted molar refractivity (Wildman–Crippen MR) is 80.4 cm³/mol. The summed E-state index contributed by atoms with van der Waals surface area (Å²) in [4.78, 5) is 6.72. The van der Waals surface area contributed by atoms with Crippen molar-refractivity contribution in [3.8, 4) is 0 Å². The summed E-state index contributed by atoms with van der Waals surface area (Å²) in [5, 5.41) is 0. The van der Waals surface area contributed by atoms with Gasteiger partial charge in [0.15, 0.2) is 0 Å². The fraction of sp³-hybridized carbons (Fsp3) is 0.267. The molecule has 0 radical (unpaired) electrons. The number of pyridine rings is 1. The van der Waals surface area contributed by atoms with Crippen molar-refractivity contribution in [1.29, 1.82) is 0 Å². The second-order valence-corrected chi connectivity index (χ2v) is 4.37. The standard InChI is InChI=1S/C15H20N4/c1-2-3-12-19(13-8-5-4-6-9-13)15-11-7-10-14(17-15)18-16/h4-11H,2-3,12,16H2,1H3,(H,17,18). The monoisotopic (exact) mass is 256 g/mol. The molecule has 0 saturated heterocycles. The number of anilines is 3. The Bertz CT molecular complexity index is 499. The molecular formula is C15H20N4. The average molecular weight is 256 g/mol. The molecule has 1 aromatic heterocycles. The normalized spacial score (nSPS) is 10.2. The number of aromatic nitrogens is 1. The van der Waals surface area contributed by atoms with Crippen molar-refractivity contribution in [2.24, 2.45) is 5.84 Å². The Morgan fingerprint density at radius 1 is 1.11 bits per heavy atom. The minimum absolute atomic E-state index is 0.676. The molecule has 3 N–H and O–H groups in total. The third-order valence-corrected chi connectivity index (χ3v) is 2.96. The van der Waals surface area contributed by atoms with Crippen molar-refractivity contribution in [1.82, 2.24) is 4.98 Å². The van der Waals surface area contributed by atoms with E-state index in [4.69, 9.17) is 5.84 Å². The van der Waals surface area contributed by atoms with Crippen LogP contribution in [0.2, 0.25) is 0 Å². The Morgan fingerprint density at radius 3 is 2.58 bits per heavy atom. The lowest BCUT2D eigenvalue weighted by atomic mass is 10.2. The SMILES string of the molecule is CCCCN(c1ccccc1)c1cccc(NN)n1. The lowest BCUT2D eigenvalue weighted by Gasteiger charge is -2.24. The molecule has 100 valence electrons. The highest BCUT2D eigenvalue weighted by atomic mass is 15.3. The lowest BCUT2D eigenvalue weighted by molar-refractivity contribution is 0.780. The average Bonchev–Trinajstić information content (AvgIpc) is 2.49. The summed E-state index contributed by atoms with van der Waals surface area (Å²) in [6.07, 6.45) is 2.27. The van der Waals surface area contributed by atoms with Gasteiger partial charge < -0.3 is 10.3 Å². The first-order chi connectivity index (χ1) is 9.35. The van der Waals surface area contributed by atoms with E-state index < -0.39 is 0 Å². The third-order valence-electron chi connectivity index (χ3n) is 2.96. The minimum atomic E-state index is 0.676. The van der Waals surface area contributed by atoms with Crippen molar-refractivity contribution in [2.75, 3.05) is 16.9 Å². The molecular weight excluding hydrogens is 236 g/mol. The Kier molecular flexibility index (Phi) is 4.75. The van der Waals surface area contributed by atoms with Crippen LogP contribution in [0.15, 0.2) is 48.5 Å². The number of benzene rings is 1. The maximum Gasteiger partial charge on any atom is 0.142 e. The van der Waals surface area contributed by atoms with Crippen molar-refractivity contribution < 1.29 is 0 Å². The maximum atomic E-state index is 5.43. The van der Waals surface area contributed by atoms with Crippen LogP contribution in [0.25, 0.3) is 0 Å². The summed E-state index contributed by atoms with van der Waals surface area (Å²) in [6, 6.07) is 16.1. The molecule has 0 fully saturated rings. The van der Waals surface area contributed by atoms with Crippen molar-refractivity contribution in [3.63, 3.8) is 0 Å². The number of hydrogen-bond acceptors (Lipinski definition) is 4. The van der Waals surface area contributed by atoms with Crippen LogP contribution >= 0.6 is 0 Å². The molecule has 2 aromatic rings. The number of hydrazine groups is 1. The fourth-order valence-corrected chi connectivity index (χ4v) is 1.95. The molecule has 0 atom stereocenters. The topological polar surface area (TPSA) is 54.2 Å². The van der Waals surface area contributed by atoms with Crippen LogP contribution < -0.4 is 16.2 Å². The lowest BCUT2D eigenvalue weighted by Crippen LogP contribution is -2.20. The van der Waals surface area contributed by atoms with E-state index in [1.165, 1.54) is 0 Å². The van der Waals surface area contributed by atoms with Crippen LogP contribution in [0.5, 0.6) is 0 Å². The summed E-state index contributed by atoms with van der Waals surface area (Å²) in [5.74, 6) is 7.01. The third kappa shape index (κ3) is 3.45. The number of nitrogens with zero attached hydrogens (tertiary/aromatic N) is 2. The van der Waals surface area contributed by atoms with Gasteiger partial charge in [0, 0.05) is 12.2 Å². The first kappa shape index (κ1) is 13.4. The molecule has 0 aliphatic heterocycles. The zero-order valence-corrected chi connectivity index (χ0v) is 11.2. The van der Waals surface area contributed by atoms with Crippen molar-refractivity contribution >= 4 is 17.3 Å². The summed E-state index contributed by atoms with van der Waals surface area (Å²) >= 11 is 0. The van der Waals surface area contributed by atoms with Crippen LogP contribution in [0.1, 0.15) is 19.8 Å². The summed E-state index contributed by atoms with van der Waals surface area (Å²) in [5.41, 5.74) is 3.74. The molecule has 0 amide bonds. The Labute approximate surface area is 114 Å². The van der Waals surface area contributed by atoms with Gasteiger partial charge in [-0.2, -0.15) is 0 Å². The molecule has 0 unspecified atom stereocenters. The minimum Gasteiger partial charge on any atom is -0.326 e. The molecule has 0 saturated carbocycles. The predicted octanol–water partition coefficient (Wildman–Crippen LogP) is 3.31. The smallest absolute Gasteiger partial charge is 0.142 e. The van der Waals surface area contributed by atoms with Crippen LogP contribution in [-0.2, 0) is 0 Å². The van der Waals surface area contributed by atoms with E-state index in [-0.39, 0.29) is 0 Å². The quantitative estimate of drug-likeness (QED) is 0.615. The molecule has 4 heteroatoms. The molecule has 19 heavy (non-hydrogen) atoms. The van der Waals surface area contributed by atoms with Crippen molar-refractivity contribution in [2.45, 2.75) is 19.8 Å². The van der Waals surface area contributed by atoms with E-state index in [0.29, 0.717) is 5.82 Å². The van der Waals surface area contributed by atoms with E-state index in [9.17, 15) is 0 Å². The molecule has 0 aliphatic carbocycles. The van der Waals surface area contributed by atoms with E-state index in [1.54, 1.807) is 0 Å². The Balaban J connectivity index is 2.31. The van der Waals surface area contributed by atoms with E-state index in [2.05, 4.69) is 34.4 Å². The van der Waals surface area contributed by atoms with Gasteiger partial charge in [0.05, 0.1) is 0 Å². The molecule has 0 bridgehead atoms. The number of hydrogen-bond donors (Lipinski definition) is 2. The highest BCUT2D eigenvalue weighted by molar-refractivity contribution is 5.61. The first-order valence-electron chi connectivity index (χ1n) is 6.61. The number of nitrogens with one attached hydrogen (secondary N) is 1. The summed E-state index contributed by atoms with van der Waals surface area (Å²) in [6.45, 7) is 3.13. The molecule has 1 heterocycles. The van der Waals surface area contributed by atoms with E-state index in [0.717, 1.165) is 30.9 Å². The zero-order valence-electron chi connectivity index (χ0n) is 11.2. The highest BCUT2D eigenvalue weighted by Gasteiger charge is 2.10. The largest absolute Gasteiger partial charge is 0.326 e. The number of nitrogens with two attached hydrogens (primary N) is 1. The van der Waals surface area contributed by atoms with Gasteiger partial charge in [0.2, 0.25) is 0 Å². The van der Waals surface area contributed by atoms with Crippen molar-refractivity contribution in [3.05, 3.63) is 48.5 Å². The van der Waals surface area contributed by atoms with Crippen LogP contribution in [0.4, 0.5) is 17.3 Å². The zero-order chi connectivity index (χ0) is 13.5. The number of unbranched alkanes of at least 4 members (excludes halogenated alkanes) is 1. The van der Waals surface area contributed by atoms with Gasteiger partial charge in [-0.25, -0.2) is 10.8 Å². The van der Waals surface area contributed by atoms with Gasteiger partial charge in [-0.05, 0) is 30.7 Å². The molecule has 2 rings (SSSR count). The van der Waals surface area contributed by atoms with E-state index in [1.807, 2.05) is 36.4 Å². The molecule has 4 nitrogen and oxygen atoms in total. The number of rotatable bonds is 6. The van der Waals surface area contributed by atoms with Crippen LogP contribution in [0.3, 0.4) is 0 Å². The maximum absolute atomic E-state index is 5.43. The van der Waals surface area contributed by atoms with E-state index >= 15 is 0 Å². The fourth-order valence-electron chi connectivity index (χ4n) is 1.95. The number of nitrogen functional groups attached to an aromatic ring is 1. The van der Waals surface area contributed by atoms with Gasteiger partial charge in [0.25, 0.3) is 0 Å². The Morgan fingerprint density at radius 2 is 1.89 bits per heavy atom. The first-order valence-corrected chi connectivity index (χ1v) is 6.61. The molecule has 0 aliphatic rings. The van der Waals surface area contributed by atoms with Crippen LogP contribution in [-0.4, -0.2) is 11.5 Å². The van der Waals surface area contributed by atoms with Gasteiger partial charge in [0.1, 0.15) is 11.6 Å². The summed E-state index contributed by atoms with van der Waals surface area (Å²) < 4.78 is 0. The van der Waals surface area contributed by atoms with Gasteiger partial charge in [-0.1, -0.05) is 37.6 Å². The summed E-state index contributed by atoms with van der Waals surface area (Å²) in [7, 11) is 0. The highest BCUT2D eigenvalue weighted by Crippen LogP contribution is 2.24. The Hall–Kier alpha value is -2.07. The molecule has 1 aromatic carbocycles. The van der Waals surface area contributed by atoms with Gasteiger partial charge in [-0.3, -0.25) is 0 Å². The second-order valence-electron chi connectivity index (χ2n) is 4.37. The molecule has 0 spiro atoms.